The Hall–Kier alpha value is -1.89. The number of rotatable bonds is 3. The maximum absolute atomic E-state index is 13.3. The monoisotopic (exact) mass is 341 g/mol. The second-order valence-corrected chi connectivity index (χ2v) is 5.08. The molecule has 2 aromatic rings. The largest absolute Gasteiger partial charge is 0.456 e. The fraction of sp³-hybridized carbons (Fsp3) is 0.231. The van der Waals surface area contributed by atoms with Crippen LogP contribution in [0.5, 0.6) is 0 Å². The molecule has 1 aromatic heterocycles. The van der Waals surface area contributed by atoms with Crippen molar-refractivity contribution in [3.8, 4) is 0 Å². The molecular weight excluding hydrogens is 329 g/mol. The van der Waals surface area contributed by atoms with Crippen LogP contribution < -0.4 is 5.73 Å². The van der Waals surface area contributed by atoms with E-state index in [1.807, 2.05) is 6.92 Å². The van der Waals surface area contributed by atoms with Crippen molar-refractivity contribution in [2.75, 3.05) is 5.73 Å². The van der Waals surface area contributed by atoms with Gasteiger partial charge in [0.2, 0.25) is 0 Å². The van der Waals surface area contributed by atoms with E-state index in [0.717, 1.165) is 21.9 Å². The van der Waals surface area contributed by atoms with Crippen molar-refractivity contribution >= 4 is 27.6 Å². The third kappa shape index (κ3) is 2.82. The van der Waals surface area contributed by atoms with E-state index < -0.39 is 11.8 Å². The van der Waals surface area contributed by atoms with Crippen molar-refractivity contribution in [1.29, 1.82) is 0 Å². The van der Waals surface area contributed by atoms with Crippen molar-refractivity contribution in [1.82, 2.24) is 9.78 Å². The van der Waals surface area contributed by atoms with Gasteiger partial charge in [-0.3, -0.25) is 4.68 Å². The number of hydrogen-bond acceptors (Lipinski definition) is 4. The van der Waals surface area contributed by atoms with E-state index in [2.05, 4.69) is 21.0 Å². The van der Waals surface area contributed by atoms with Crippen LogP contribution in [0.4, 0.5) is 10.1 Å². The second-order valence-electron chi connectivity index (χ2n) is 4.28. The Balaban J connectivity index is 2.10. The zero-order chi connectivity index (χ0) is 14.9. The van der Waals surface area contributed by atoms with Gasteiger partial charge in [0.05, 0.1) is 27.1 Å². The lowest BCUT2D eigenvalue weighted by atomic mass is 10.2. The summed E-state index contributed by atoms with van der Waals surface area (Å²) in [5, 5.41) is 4.19. The Labute approximate surface area is 123 Å². The average Bonchev–Trinajstić information content (AvgIpc) is 2.64. The van der Waals surface area contributed by atoms with E-state index in [1.54, 1.807) is 11.7 Å². The summed E-state index contributed by atoms with van der Waals surface area (Å²) in [6.07, 6.45) is 0. The molecule has 7 heteroatoms. The summed E-state index contributed by atoms with van der Waals surface area (Å²) in [4.78, 5) is 11.8. The Morgan fingerprint density at radius 3 is 2.80 bits per heavy atom. The molecule has 0 radical (unpaired) electrons. The molecule has 0 amide bonds. The smallest absolute Gasteiger partial charge is 0.338 e. The van der Waals surface area contributed by atoms with Gasteiger partial charge in [0.15, 0.2) is 0 Å². The quantitative estimate of drug-likeness (QED) is 0.688. The van der Waals surface area contributed by atoms with Gasteiger partial charge in [0.25, 0.3) is 0 Å². The van der Waals surface area contributed by atoms with Crippen LogP contribution in [0.25, 0.3) is 0 Å². The van der Waals surface area contributed by atoms with Crippen LogP contribution in [0.1, 0.15) is 21.7 Å². The molecule has 106 valence electrons. The lowest BCUT2D eigenvalue weighted by Crippen LogP contribution is -2.09. The molecule has 20 heavy (non-hydrogen) atoms. The molecule has 0 saturated heterocycles. The zero-order valence-electron chi connectivity index (χ0n) is 11.0. The number of nitrogens with zero attached hydrogens (tertiary/aromatic N) is 2. The molecule has 0 unspecified atom stereocenters. The maximum atomic E-state index is 13.3. The number of benzene rings is 1. The van der Waals surface area contributed by atoms with Gasteiger partial charge >= 0.3 is 5.97 Å². The standard InChI is InChI=1S/C13H13BrFN3O2/c1-7-12(14)11(18(2)17-7)6-20-13(19)8-3-4-10(16)9(15)5-8/h3-5H,6,16H2,1-2H3. The summed E-state index contributed by atoms with van der Waals surface area (Å²) in [6, 6.07) is 3.81. The van der Waals surface area contributed by atoms with Crippen LogP contribution >= 0.6 is 15.9 Å². The van der Waals surface area contributed by atoms with E-state index in [4.69, 9.17) is 10.5 Å². The maximum Gasteiger partial charge on any atom is 0.338 e. The average molecular weight is 342 g/mol. The fourth-order valence-corrected chi connectivity index (χ4v) is 2.16. The minimum atomic E-state index is -0.642. The molecule has 5 nitrogen and oxygen atoms in total. The first-order chi connectivity index (χ1) is 9.40. The van der Waals surface area contributed by atoms with E-state index in [0.29, 0.717) is 0 Å². The van der Waals surface area contributed by atoms with Gasteiger partial charge in [-0.25, -0.2) is 9.18 Å². The number of aryl methyl sites for hydroxylation is 2. The van der Waals surface area contributed by atoms with Gasteiger partial charge in [-0.1, -0.05) is 0 Å². The van der Waals surface area contributed by atoms with Gasteiger partial charge in [0.1, 0.15) is 12.4 Å². The number of aromatic nitrogens is 2. The normalized spacial score (nSPS) is 10.6. The molecular formula is C13H13BrFN3O2. The van der Waals surface area contributed by atoms with E-state index in [1.165, 1.54) is 12.1 Å². The van der Waals surface area contributed by atoms with Gasteiger partial charge in [-0.2, -0.15) is 5.10 Å². The lowest BCUT2D eigenvalue weighted by molar-refractivity contribution is 0.0462. The molecule has 2 N–H and O–H groups in total. The van der Waals surface area contributed by atoms with Gasteiger partial charge in [-0.05, 0) is 41.1 Å². The molecule has 0 aliphatic heterocycles. The number of nitrogen functional groups attached to an aromatic ring is 1. The molecule has 0 aliphatic rings. The molecule has 0 aliphatic carbocycles. The molecule has 2 rings (SSSR count). The third-order valence-corrected chi connectivity index (χ3v) is 3.87. The number of carbonyl (C=O) groups excluding carboxylic acids is 1. The molecule has 0 saturated carbocycles. The summed E-state index contributed by atoms with van der Waals surface area (Å²) < 4.78 is 20.8. The Bertz CT molecular complexity index is 670. The van der Waals surface area contributed by atoms with Crippen LogP contribution in [-0.2, 0) is 18.4 Å². The number of halogens is 2. The van der Waals surface area contributed by atoms with Crippen LogP contribution in [-0.4, -0.2) is 15.7 Å². The van der Waals surface area contributed by atoms with Crippen LogP contribution in [0.3, 0.4) is 0 Å². The molecule has 0 spiro atoms. The summed E-state index contributed by atoms with van der Waals surface area (Å²) in [5.74, 6) is -1.26. The predicted molar refractivity (Wildman–Crippen MR) is 75.6 cm³/mol. The molecule has 0 atom stereocenters. The molecule has 0 fully saturated rings. The van der Waals surface area contributed by atoms with Crippen LogP contribution in [0.15, 0.2) is 22.7 Å². The second kappa shape index (κ2) is 5.62. The summed E-state index contributed by atoms with van der Waals surface area (Å²) in [5.41, 5.74) is 6.99. The fourth-order valence-electron chi connectivity index (χ4n) is 1.71. The van der Waals surface area contributed by atoms with Crippen molar-refractivity contribution in [2.24, 2.45) is 7.05 Å². The topological polar surface area (TPSA) is 70.1 Å². The highest BCUT2D eigenvalue weighted by molar-refractivity contribution is 9.10. The number of carbonyl (C=O) groups is 1. The van der Waals surface area contributed by atoms with E-state index >= 15 is 0 Å². The Morgan fingerprint density at radius 1 is 1.55 bits per heavy atom. The lowest BCUT2D eigenvalue weighted by Gasteiger charge is -2.06. The number of ether oxygens (including phenoxy) is 1. The van der Waals surface area contributed by atoms with Crippen molar-refractivity contribution in [3.05, 3.63) is 45.4 Å². The van der Waals surface area contributed by atoms with Crippen molar-refractivity contribution in [3.63, 3.8) is 0 Å². The first kappa shape index (κ1) is 14.5. The minimum Gasteiger partial charge on any atom is -0.456 e. The summed E-state index contributed by atoms with van der Waals surface area (Å²) in [6.45, 7) is 1.88. The molecule has 1 heterocycles. The zero-order valence-corrected chi connectivity index (χ0v) is 12.6. The highest BCUT2D eigenvalue weighted by atomic mass is 79.9. The highest BCUT2D eigenvalue weighted by Crippen LogP contribution is 2.21. The minimum absolute atomic E-state index is 0.00782. The molecule has 0 bridgehead atoms. The number of anilines is 1. The SMILES string of the molecule is Cc1nn(C)c(COC(=O)c2ccc(N)c(F)c2)c1Br. The van der Waals surface area contributed by atoms with Gasteiger partial charge < -0.3 is 10.5 Å². The predicted octanol–water partition coefficient (Wildman–Crippen LogP) is 2.57. The number of nitrogens with two attached hydrogens (primary N) is 1. The third-order valence-electron chi connectivity index (χ3n) is 2.84. The Kier molecular flexibility index (Phi) is 4.08. The van der Waals surface area contributed by atoms with Gasteiger partial charge in [-0.15, -0.1) is 0 Å². The summed E-state index contributed by atoms with van der Waals surface area (Å²) >= 11 is 3.38. The first-order valence-electron chi connectivity index (χ1n) is 5.80. The van der Waals surface area contributed by atoms with Crippen LogP contribution in [0, 0.1) is 12.7 Å². The van der Waals surface area contributed by atoms with E-state index in [9.17, 15) is 9.18 Å². The Morgan fingerprint density at radius 2 is 2.25 bits per heavy atom. The first-order valence-corrected chi connectivity index (χ1v) is 6.59. The summed E-state index contributed by atoms with van der Waals surface area (Å²) in [7, 11) is 1.75. The van der Waals surface area contributed by atoms with Gasteiger partial charge in [0, 0.05) is 7.05 Å². The number of esters is 1. The molecule has 1 aromatic carbocycles. The van der Waals surface area contributed by atoms with Crippen LogP contribution in [0.2, 0.25) is 0 Å². The highest BCUT2D eigenvalue weighted by Gasteiger charge is 2.14. The number of hydrogen-bond donors (Lipinski definition) is 1. The van der Waals surface area contributed by atoms with Crippen molar-refractivity contribution in [2.45, 2.75) is 13.5 Å². The van der Waals surface area contributed by atoms with Crippen molar-refractivity contribution < 1.29 is 13.9 Å². The van der Waals surface area contributed by atoms with E-state index in [-0.39, 0.29) is 17.9 Å².